The summed E-state index contributed by atoms with van der Waals surface area (Å²) in [5.74, 6) is 0.687. The van der Waals surface area contributed by atoms with Crippen molar-refractivity contribution in [1.29, 1.82) is 0 Å². The van der Waals surface area contributed by atoms with Crippen molar-refractivity contribution < 1.29 is 4.79 Å². The van der Waals surface area contributed by atoms with Crippen LogP contribution in [-0.2, 0) is 5.41 Å². The second-order valence-corrected chi connectivity index (χ2v) is 7.03. The lowest BCUT2D eigenvalue weighted by Gasteiger charge is -2.41. The number of aromatic nitrogens is 4. The van der Waals surface area contributed by atoms with E-state index in [4.69, 9.17) is 0 Å². The summed E-state index contributed by atoms with van der Waals surface area (Å²) in [5.41, 5.74) is 1.91. The Labute approximate surface area is 152 Å². The molecule has 1 aliphatic heterocycles. The maximum absolute atomic E-state index is 13.1. The third-order valence-corrected chi connectivity index (χ3v) is 5.13. The largest absolute Gasteiger partial charge is 0.338 e. The molecule has 0 spiro atoms. The topological polar surface area (TPSA) is 63.9 Å². The highest BCUT2D eigenvalue weighted by molar-refractivity contribution is 5.94. The van der Waals surface area contributed by atoms with Gasteiger partial charge in [0.25, 0.3) is 5.91 Å². The van der Waals surface area contributed by atoms with Crippen LogP contribution in [0.15, 0.2) is 61.3 Å². The molecular formula is C20H21N5O. The van der Waals surface area contributed by atoms with E-state index >= 15 is 0 Å². The first-order chi connectivity index (χ1) is 12.7. The Balaban J connectivity index is 1.58. The molecule has 0 unspecified atom stereocenters. The van der Waals surface area contributed by atoms with Gasteiger partial charge < -0.3 is 4.90 Å². The summed E-state index contributed by atoms with van der Waals surface area (Å²) >= 11 is 0. The van der Waals surface area contributed by atoms with Crippen LogP contribution in [0.4, 0.5) is 0 Å². The number of pyridine rings is 1. The summed E-state index contributed by atoms with van der Waals surface area (Å²) < 4.78 is 1.70. The first-order valence-electron chi connectivity index (χ1n) is 8.82. The Morgan fingerprint density at radius 1 is 1.12 bits per heavy atom. The van der Waals surface area contributed by atoms with Crippen LogP contribution in [0.3, 0.4) is 0 Å². The van der Waals surface area contributed by atoms with Gasteiger partial charge >= 0.3 is 0 Å². The highest BCUT2D eigenvalue weighted by atomic mass is 16.2. The van der Waals surface area contributed by atoms with Gasteiger partial charge in [-0.1, -0.05) is 37.3 Å². The summed E-state index contributed by atoms with van der Waals surface area (Å²) in [6.45, 7) is 3.75. The second kappa shape index (κ2) is 6.71. The molecule has 0 saturated carbocycles. The molecule has 1 amide bonds. The molecule has 6 nitrogen and oxygen atoms in total. The van der Waals surface area contributed by atoms with Gasteiger partial charge in [0, 0.05) is 30.3 Å². The third-order valence-electron chi connectivity index (χ3n) is 5.13. The van der Waals surface area contributed by atoms with Crippen molar-refractivity contribution >= 4 is 5.91 Å². The SMILES string of the molecule is C[C@@]1(c2ccccc2)CCCN(C(=O)c2ccnc(-n3cnnc3)c2)C1. The van der Waals surface area contributed by atoms with Crippen molar-refractivity contribution in [1.82, 2.24) is 24.6 Å². The Morgan fingerprint density at radius 3 is 2.65 bits per heavy atom. The molecule has 1 fully saturated rings. The molecule has 1 aliphatic rings. The van der Waals surface area contributed by atoms with Gasteiger partial charge in [-0.25, -0.2) is 4.98 Å². The molecule has 26 heavy (non-hydrogen) atoms. The maximum Gasteiger partial charge on any atom is 0.254 e. The van der Waals surface area contributed by atoms with E-state index < -0.39 is 0 Å². The van der Waals surface area contributed by atoms with Crippen LogP contribution in [0.1, 0.15) is 35.7 Å². The quantitative estimate of drug-likeness (QED) is 0.731. The fourth-order valence-corrected chi connectivity index (χ4v) is 3.68. The van der Waals surface area contributed by atoms with E-state index in [-0.39, 0.29) is 11.3 Å². The van der Waals surface area contributed by atoms with E-state index in [2.05, 4.69) is 46.4 Å². The van der Waals surface area contributed by atoms with E-state index in [0.717, 1.165) is 25.9 Å². The van der Waals surface area contributed by atoms with Crippen LogP contribution >= 0.6 is 0 Å². The molecule has 3 aromatic rings. The minimum atomic E-state index is -0.0146. The third kappa shape index (κ3) is 3.10. The van der Waals surface area contributed by atoms with Crippen LogP contribution < -0.4 is 0 Å². The Morgan fingerprint density at radius 2 is 1.88 bits per heavy atom. The molecule has 0 bridgehead atoms. The van der Waals surface area contributed by atoms with Crippen LogP contribution in [-0.4, -0.2) is 43.6 Å². The molecule has 0 radical (unpaired) electrons. The zero-order chi connectivity index (χ0) is 18.0. The van der Waals surface area contributed by atoms with E-state index in [9.17, 15) is 4.79 Å². The minimum absolute atomic E-state index is 0.0146. The maximum atomic E-state index is 13.1. The molecule has 1 atom stereocenters. The molecule has 1 saturated heterocycles. The molecule has 4 rings (SSSR count). The first-order valence-corrected chi connectivity index (χ1v) is 8.82. The lowest BCUT2D eigenvalue weighted by Crippen LogP contribution is -2.47. The van der Waals surface area contributed by atoms with Crippen molar-refractivity contribution in [3.63, 3.8) is 0 Å². The molecule has 0 aliphatic carbocycles. The van der Waals surface area contributed by atoms with Gasteiger partial charge in [0.15, 0.2) is 0 Å². The van der Waals surface area contributed by atoms with Crippen molar-refractivity contribution in [3.05, 3.63) is 72.4 Å². The number of benzene rings is 1. The highest BCUT2D eigenvalue weighted by Gasteiger charge is 2.34. The zero-order valence-corrected chi connectivity index (χ0v) is 14.7. The predicted octanol–water partition coefficient (Wildman–Crippen LogP) is 2.86. The van der Waals surface area contributed by atoms with Gasteiger partial charge in [0.2, 0.25) is 0 Å². The number of rotatable bonds is 3. The number of carbonyl (C=O) groups is 1. The Bertz CT molecular complexity index is 894. The van der Waals surface area contributed by atoms with Gasteiger partial charge in [-0.3, -0.25) is 9.36 Å². The summed E-state index contributed by atoms with van der Waals surface area (Å²) in [5, 5.41) is 7.59. The average molecular weight is 347 g/mol. The number of piperidine rings is 1. The summed E-state index contributed by atoms with van der Waals surface area (Å²) in [4.78, 5) is 19.4. The number of hydrogen-bond donors (Lipinski definition) is 0. The van der Waals surface area contributed by atoms with Crippen molar-refractivity contribution in [2.45, 2.75) is 25.2 Å². The number of carbonyl (C=O) groups excluding carboxylic acids is 1. The highest BCUT2D eigenvalue weighted by Crippen LogP contribution is 2.34. The number of amides is 1. The van der Waals surface area contributed by atoms with Crippen molar-refractivity contribution in [3.8, 4) is 5.82 Å². The predicted molar refractivity (Wildman–Crippen MR) is 98.1 cm³/mol. The van der Waals surface area contributed by atoms with Crippen LogP contribution in [0.25, 0.3) is 5.82 Å². The summed E-state index contributed by atoms with van der Waals surface area (Å²) in [7, 11) is 0. The standard InChI is InChI=1S/C20H21N5O/c1-20(17-6-3-2-4-7-17)9-5-11-24(13-20)19(26)16-8-10-21-18(12-16)25-14-22-23-15-25/h2-4,6-8,10,12,14-15H,5,9,11,13H2,1H3/t20-/m1/s1. The molecule has 2 aromatic heterocycles. The number of likely N-dealkylation sites (tertiary alicyclic amines) is 1. The van der Waals surface area contributed by atoms with Crippen molar-refractivity contribution in [2.75, 3.05) is 13.1 Å². The fourth-order valence-electron chi connectivity index (χ4n) is 3.68. The normalized spacial score (nSPS) is 20.1. The second-order valence-electron chi connectivity index (χ2n) is 7.03. The van der Waals surface area contributed by atoms with Gasteiger partial charge in [0.1, 0.15) is 18.5 Å². The van der Waals surface area contributed by atoms with Crippen LogP contribution in [0.2, 0.25) is 0 Å². The Hall–Kier alpha value is -3.02. The van der Waals surface area contributed by atoms with Crippen molar-refractivity contribution in [2.24, 2.45) is 0 Å². The lowest BCUT2D eigenvalue weighted by atomic mass is 9.76. The number of hydrogen-bond acceptors (Lipinski definition) is 4. The smallest absolute Gasteiger partial charge is 0.254 e. The Kier molecular flexibility index (Phi) is 4.24. The summed E-state index contributed by atoms with van der Waals surface area (Å²) in [6, 6.07) is 14.0. The molecular weight excluding hydrogens is 326 g/mol. The van der Waals surface area contributed by atoms with E-state index in [1.807, 2.05) is 11.0 Å². The molecule has 3 heterocycles. The summed E-state index contributed by atoms with van der Waals surface area (Å²) in [6.07, 6.45) is 6.89. The minimum Gasteiger partial charge on any atom is -0.338 e. The monoisotopic (exact) mass is 347 g/mol. The van der Waals surface area contributed by atoms with Crippen LogP contribution in [0, 0.1) is 0 Å². The molecule has 6 heteroatoms. The van der Waals surface area contributed by atoms with E-state index in [0.29, 0.717) is 11.4 Å². The lowest BCUT2D eigenvalue weighted by molar-refractivity contribution is 0.0651. The van der Waals surface area contributed by atoms with Gasteiger partial charge in [-0.2, -0.15) is 0 Å². The average Bonchev–Trinajstić information content (AvgIpc) is 3.23. The van der Waals surface area contributed by atoms with Gasteiger partial charge in [-0.15, -0.1) is 10.2 Å². The molecule has 0 N–H and O–H groups in total. The van der Waals surface area contributed by atoms with Gasteiger partial charge in [0.05, 0.1) is 0 Å². The van der Waals surface area contributed by atoms with E-state index in [1.54, 1.807) is 35.6 Å². The molecule has 132 valence electrons. The van der Waals surface area contributed by atoms with E-state index in [1.165, 1.54) is 5.56 Å². The zero-order valence-electron chi connectivity index (χ0n) is 14.7. The molecule has 1 aromatic carbocycles. The van der Waals surface area contributed by atoms with Gasteiger partial charge in [-0.05, 0) is 30.5 Å². The first kappa shape index (κ1) is 16.4. The fraction of sp³-hybridized carbons (Fsp3) is 0.300. The van der Waals surface area contributed by atoms with Crippen LogP contribution in [0.5, 0.6) is 0 Å². The number of nitrogens with zero attached hydrogens (tertiary/aromatic N) is 5.